The Hall–Kier alpha value is -2.31. The van der Waals surface area contributed by atoms with Crippen molar-refractivity contribution in [3.8, 4) is 0 Å². The Morgan fingerprint density at radius 2 is 2.35 bits per heavy atom. The summed E-state index contributed by atoms with van der Waals surface area (Å²) in [6, 6.07) is 3.18. The molecular formula is C17H19FN4O. The van der Waals surface area contributed by atoms with E-state index < -0.39 is 0 Å². The van der Waals surface area contributed by atoms with Gasteiger partial charge < -0.3 is 10.5 Å². The fraction of sp³-hybridized carbons (Fsp3) is 0.294. The standard InChI is InChI=1S/C17H19FN4O/c1-10(14-8-23-9-16(19)12(14)6-20-2)11-4-15(18)13-7-21-22(3)17(13)5-11/h4-7,16H,2,8-9,19H2,1,3H3/b12-6?,14-10+. The van der Waals surface area contributed by atoms with Gasteiger partial charge in [-0.3, -0.25) is 9.67 Å². The Morgan fingerprint density at radius 3 is 3.09 bits per heavy atom. The van der Waals surface area contributed by atoms with Crippen LogP contribution in [-0.4, -0.2) is 35.8 Å². The van der Waals surface area contributed by atoms with Crippen molar-refractivity contribution in [2.45, 2.75) is 13.0 Å². The summed E-state index contributed by atoms with van der Waals surface area (Å²) in [5, 5.41) is 4.62. The molecule has 0 saturated carbocycles. The van der Waals surface area contributed by atoms with Crippen molar-refractivity contribution in [3.05, 3.63) is 47.1 Å². The van der Waals surface area contributed by atoms with Gasteiger partial charge in [0, 0.05) is 13.2 Å². The molecule has 1 aromatic heterocycles. The van der Waals surface area contributed by atoms with Gasteiger partial charge in [-0.25, -0.2) is 4.39 Å². The molecule has 23 heavy (non-hydrogen) atoms. The Balaban J connectivity index is 2.17. The van der Waals surface area contributed by atoms with E-state index in [0.29, 0.717) is 18.6 Å². The van der Waals surface area contributed by atoms with Gasteiger partial charge in [-0.2, -0.15) is 5.10 Å². The summed E-state index contributed by atoms with van der Waals surface area (Å²) in [5.41, 5.74) is 10.3. The number of hydrogen-bond donors (Lipinski definition) is 1. The van der Waals surface area contributed by atoms with Gasteiger partial charge in [-0.1, -0.05) is 0 Å². The van der Waals surface area contributed by atoms with Crippen LogP contribution in [0.15, 0.2) is 40.7 Å². The molecule has 1 unspecified atom stereocenters. The van der Waals surface area contributed by atoms with E-state index in [9.17, 15) is 4.39 Å². The predicted octanol–water partition coefficient (Wildman–Crippen LogP) is 2.43. The fourth-order valence-corrected chi connectivity index (χ4v) is 2.88. The van der Waals surface area contributed by atoms with Gasteiger partial charge in [-0.05, 0) is 48.1 Å². The molecule has 0 radical (unpaired) electrons. The third kappa shape index (κ3) is 2.71. The molecule has 6 heteroatoms. The molecule has 0 bridgehead atoms. The summed E-state index contributed by atoms with van der Waals surface area (Å²) in [4.78, 5) is 3.84. The van der Waals surface area contributed by atoms with E-state index in [-0.39, 0.29) is 11.9 Å². The lowest BCUT2D eigenvalue weighted by atomic mass is 9.91. The molecule has 0 aliphatic carbocycles. The Bertz CT molecular complexity index is 834. The Kier molecular flexibility index (Phi) is 4.11. The summed E-state index contributed by atoms with van der Waals surface area (Å²) in [6.07, 6.45) is 3.19. The van der Waals surface area contributed by atoms with E-state index in [1.165, 1.54) is 12.3 Å². The van der Waals surface area contributed by atoms with Crippen LogP contribution in [0.5, 0.6) is 0 Å². The number of aryl methyl sites for hydroxylation is 1. The van der Waals surface area contributed by atoms with Crippen molar-refractivity contribution in [3.63, 3.8) is 0 Å². The number of fused-ring (bicyclic) bond motifs is 1. The van der Waals surface area contributed by atoms with Crippen LogP contribution >= 0.6 is 0 Å². The molecule has 1 aliphatic rings. The van der Waals surface area contributed by atoms with Crippen LogP contribution in [0, 0.1) is 5.82 Å². The van der Waals surface area contributed by atoms with E-state index in [1.807, 2.05) is 13.0 Å². The maximum atomic E-state index is 14.3. The zero-order valence-electron chi connectivity index (χ0n) is 13.2. The van der Waals surface area contributed by atoms with E-state index >= 15 is 0 Å². The lowest BCUT2D eigenvalue weighted by Gasteiger charge is -2.26. The maximum absolute atomic E-state index is 14.3. The molecule has 1 saturated heterocycles. The van der Waals surface area contributed by atoms with E-state index in [0.717, 1.165) is 27.8 Å². The highest BCUT2D eigenvalue weighted by Gasteiger charge is 2.23. The Labute approximate surface area is 133 Å². The molecule has 2 heterocycles. The highest BCUT2D eigenvalue weighted by atomic mass is 19.1. The maximum Gasteiger partial charge on any atom is 0.134 e. The molecule has 2 aromatic rings. The van der Waals surface area contributed by atoms with Crippen molar-refractivity contribution < 1.29 is 9.13 Å². The normalized spacial score (nSPS) is 22.6. The summed E-state index contributed by atoms with van der Waals surface area (Å²) >= 11 is 0. The number of hydrogen-bond acceptors (Lipinski definition) is 4. The molecule has 1 aromatic carbocycles. The summed E-state index contributed by atoms with van der Waals surface area (Å²) < 4.78 is 21.5. The van der Waals surface area contributed by atoms with Crippen molar-refractivity contribution in [2.24, 2.45) is 17.8 Å². The third-order valence-electron chi connectivity index (χ3n) is 4.22. The molecule has 1 fully saturated rings. The van der Waals surface area contributed by atoms with Crippen LogP contribution in [0.25, 0.3) is 16.5 Å². The largest absolute Gasteiger partial charge is 0.375 e. The topological polar surface area (TPSA) is 65.4 Å². The number of ether oxygens (including phenoxy) is 1. The van der Waals surface area contributed by atoms with Gasteiger partial charge in [0.1, 0.15) is 5.82 Å². The van der Waals surface area contributed by atoms with Crippen LogP contribution in [0.3, 0.4) is 0 Å². The quantitative estimate of drug-likeness (QED) is 0.866. The molecule has 120 valence electrons. The molecule has 0 amide bonds. The van der Waals surface area contributed by atoms with E-state index in [1.54, 1.807) is 17.9 Å². The van der Waals surface area contributed by atoms with Crippen LogP contribution in [0.2, 0.25) is 0 Å². The van der Waals surface area contributed by atoms with Gasteiger partial charge in [0.05, 0.1) is 36.4 Å². The van der Waals surface area contributed by atoms with E-state index in [2.05, 4.69) is 16.8 Å². The summed E-state index contributed by atoms with van der Waals surface area (Å²) in [5.74, 6) is -0.293. The van der Waals surface area contributed by atoms with Crippen LogP contribution in [0.1, 0.15) is 12.5 Å². The number of benzene rings is 1. The number of nitrogens with zero attached hydrogens (tertiary/aromatic N) is 3. The Morgan fingerprint density at radius 1 is 1.57 bits per heavy atom. The highest BCUT2D eigenvalue weighted by molar-refractivity contribution is 5.85. The molecular weight excluding hydrogens is 295 g/mol. The first kappa shape index (κ1) is 15.6. The van der Waals surface area contributed by atoms with Crippen molar-refractivity contribution in [1.82, 2.24) is 9.78 Å². The molecule has 1 aliphatic heterocycles. The van der Waals surface area contributed by atoms with Gasteiger partial charge in [-0.15, -0.1) is 0 Å². The first-order valence-electron chi connectivity index (χ1n) is 7.34. The molecule has 1 atom stereocenters. The number of allylic oxidation sites excluding steroid dienone is 1. The van der Waals surface area contributed by atoms with Crippen molar-refractivity contribution in [1.29, 1.82) is 0 Å². The number of rotatable bonds is 2. The second-order valence-corrected chi connectivity index (χ2v) is 5.65. The van der Waals surface area contributed by atoms with Crippen LogP contribution in [-0.2, 0) is 11.8 Å². The minimum absolute atomic E-state index is 0.260. The molecule has 3 rings (SSSR count). The molecule has 2 N–H and O–H groups in total. The third-order valence-corrected chi connectivity index (χ3v) is 4.22. The monoisotopic (exact) mass is 314 g/mol. The van der Waals surface area contributed by atoms with Gasteiger partial charge in [0.2, 0.25) is 0 Å². The first-order valence-corrected chi connectivity index (χ1v) is 7.34. The lowest BCUT2D eigenvalue weighted by Crippen LogP contribution is -2.35. The number of aromatic nitrogens is 2. The number of aliphatic imine (C=N–C) groups is 1. The minimum Gasteiger partial charge on any atom is -0.375 e. The fourth-order valence-electron chi connectivity index (χ4n) is 2.88. The lowest BCUT2D eigenvalue weighted by molar-refractivity contribution is 0.134. The van der Waals surface area contributed by atoms with E-state index in [4.69, 9.17) is 10.5 Å². The molecule has 5 nitrogen and oxygen atoms in total. The summed E-state index contributed by atoms with van der Waals surface area (Å²) in [6.45, 7) is 6.29. The second-order valence-electron chi connectivity index (χ2n) is 5.65. The smallest absolute Gasteiger partial charge is 0.134 e. The number of nitrogens with two attached hydrogens (primary N) is 1. The second kappa shape index (κ2) is 6.06. The van der Waals surface area contributed by atoms with Gasteiger partial charge in [0.15, 0.2) is 0 Å². The molecule has 0 spiro atoms. The zero-order valence-corrected chi connectivity index (χ0v) is 13.2. The van der Waals surface area contributed by atoms with Gasteiger partial charge in [0.25, 0.3) is 0 Å². The first-order chi connectivity index (χ1) is 11.0. The van der Waals surface area contributed by atoms with Gasteiger partial charge >= 0.3 is 0 Å². The van der Waals surface area contributed by atoms with Crippen LogP contribution in [0.4, 0.5) is 4.39 Å². The van der Waals surface area contributed by atoms with Crippen molar-refractivity contribution >= 4 is 23.2 Å². The average Bonchev–Trinajstić information content (AvgIpc) is 2.91. The zero-order chi connectivity index (χ0) is 16.6. The number of halogens is 1. The van der Waals surface area contributed by atoms with Crippen molar-refractivity contribution in [2.75, 3.05) is 13.2 Å². The summed E-state index contributed by atoms with van der Waals surface area (Å²) in [7, 11) is 1.79. The predicted molar refractivity (Wildman–Crippen MR) is 89.7 cm³/mol. The van der Waals surface area contributed by atoms with Crippen LogP contribution < -0.4 is 5.73 Å². The SMILES string of the molecule is C=NC=C1/C(=C(\C)c2cc(F)c3cnn(C)c3c2)COCC1N. The highest BCUT2D eigenvalue weighted by Crippen LogP contribution is 2.31. The average molecular weight is 314 g/mol. The minimum atomic E-state index is -0.293.